The molecule has 0 fully saturated rings. The number of hydrogen-bond donors (Lipinski definition) is 2. The molecular weight excluding hydrogens is 172 g/mol. The normalized spacial score (nSPS) is 10.2. The van der Waals surface area contributed by atoms with Gasteiger partial charge in [0.2, 0.25) is 5.69 Å². The number of phenolic OH excluding ortho intramolecular Hbond substituents is 1. The molecule has 0 aliphatic heterocycles. The van der Waals surface area contributed by atoms with Gasteiger partial charge in [-0.2, -0.15) is 0 Å². The van der Waals surface area contributed by atoms with Gasteiger partial charge in [-0.1, -0.05) is 6.07 Å². The number of H-pyrrole nitrogens is 1. The van der Waals surface area contributed by atoms with Crippen LogP contribution in [-0.4, -0.2) is 10.4 Å². The second-order valence-electron chi connectivity index (χ2n) is 2.53. The fourth-order valence-electron chi connectivity index (χ4n) is 1.02. The fraction of sp³-hybridized carbons (Fsp3) is 0. The van der Waals surface area contributed by atoms with Gasteiger partial charge in [0.05, 0.1) is 6.07 Å². The maximum Gasteiger partial charge on any atom is 0.427 e. The van der Waals surface area contributed by atoms with E-state index in [-0.39, 0.29) is 5.75 Å². The van der Waals surface area contributed by atoms with Crippen molar-refractivity contribution in [1.82, 2.24) is 5.27 Å². The Kier molecular flexibility index (Phi) is 1.63. The lowest BCUT2D eigenvalue weighted by Crippen LogP contribution is -2.31. The quantitative estimate of drug-likeness (QED) is 0.603. The van der Waals surface area contributed by atoms with Crippen LogP contribution in [0.4, 0.5) is 0 Å². The largest absolute Gasteiger partial charge is 0.508 e. The molecule has 2 rings (SSSR count). The van der Waals surface area contributed by atoms with E-state index >= 15 is 0 Å². The molecule has 1 aromatic carbocycles. The number of nitrogens with zero attached hydrogens (tertiary/aromatic N) is 1. The third kappa shape index (κ3) is 1.44. The highest BCUT2D eigenvalue weighted by Crippen LogP contribution is 2.09. The van der Waals surface area contributed by atoms with Crippen LogP contribution in [0.1, 0.15) is 0 Å². The Morgan fingerprint density at radius 1 is 1.46 bits per heavy atom. The van der Waals surface area contributed by atoms with Crippen LogP contribution in [0.2, 0.25) is 0 Å². The van der Waals surface area contributed by atoms with E-state index in [0.29, 0.717) is 5.69 Å². The Hall–Kier alpha value is -2.04. The lowest BCUT2D eigenvalue weighted by Gasteiger charge is -1.89. The summed E-state index contributed by atoms with van der Waals surface area (Å²) in [5.74, 6) is 0.132. The standard InChI is InChI=1S/C8H6N2O3/c11-7-3-1-2-6(4-7)10-5-8(12)13-9-10/h1-5H,(H-,9,11,12)/p+1. The summed E-state index contributed by atoms with van der Waals surface area (Å²) in [7, 11) is 0. The zero-order valence-electron chi connectivity index (χ0n) is 6.60. The molecule has 0 spiro atoms. The molecule has 5 nitrogen and oxygen atoms in total. The van der Waals surface area contributed by atoms with Gasteiger partial charge in [-0.05, 0) is 16.0 Å². The minimum absolute atomic E-state index is 0.132. The van der Waals surface area contributed by atoms with Crippen LogP contribution in [0.25, 0.3) is 5.69 Å². The van der Waals surface area contributed by atoms with Gasteiger partial charge in [0.1, 0.15) is 5.75 Å². The van der Waals surface area contributed by atoms with Crippen LogP contribution in [-0.2, 0) is 0 Å². The molecule has 0 amide bonds. The summed E-state index contributed by atoms with van der Waals surface area (Å²) in [6.45, 7) is 0. The molecule has 1 heterocycles. The molecule has 2 aromatic rings. The number of aromatic hydroxyl groups is 1. The number of aromatic amines is 1. The lowest BCUT2D eigenvalue weighted by atomic mass is 10.3. The molecule has 0 aliphatic rings. The van der Waals surface area contributed by atoms with E-state index in [1.807, 2.05) is 0 Å². The van der Waals surface area contributed by atoms with Crippen molar-refractivity contribution in [3.63, 3.8) is 0 Å². The molecular formula is C8H7N2O3+. The molecule has 0 bridgehead atoms. The van der Waals surface area contributed by atoms with Gasteiger partial charge in [0, 0.05) is 6.07 Å². The molecule has 0 atom stereocenters. The van der Waals surface area contributed by atoms with E-state index in [9.17, 15) is 4.79 Å². The summed E-state index contributed by atoms with van der Waals surface area (Å²) in [6, 6.07) is 6.45. The van der Waals surface area contributed by atoms with E-state index in [1.54, 1.807) is 18.2 Å². The highest BCUT2D eigenvalue weighted by Gasteiger charge is 2.09. The number of nitrogens with one attached hydrogen (secondary N) is 1. The number of benzene rings is 1. The Morgan fingerprint density at radius 2 is 2.31 bits per heavy atom. The molecule has 0 aliphatic carbocycles. The highest BCUT2D eigenvalue weighted by molar-refractivity contribution is 5.31. The predicted molar refractivity (Wildman–Crippen MR) is 42.5 cm³/mol. The first-order valence-corrected chi connectivity index (χ1v) is 3.65. The molecule has 0 saturated carbocycles. The summed E-state index contributed by atoms with van der Waals surface area (Å²) < 4.78 is 5.84. The van der Waals surface area contributed by atoms with E-state index in [0.717, 1.165) is 0 Å². The molecule has 0 unspecified atom stereocenters. The Bertz CT molecular complexity index is 472. The number of aromatic nitrogens is 2. The van der Waals surface area contributed by atoms with E-state index in [2.05, 4.69) is 9.79 Å². The lowest BCUT2D eigenvalue weighted by molar-refractivity contribution is -0.670. The summed E-state index contributed by atoms with van der Waals surface area (Å²) in [4.78, 5) is 10.7. The molecule has 13 heavy (non-hydrogen) atoms. The summed E-state index contributed by atoms with van der Waals surface area (Å²) in [5.41, 5.74) is 0.161. The SMILES string of the molecule is O=c1c[n+](-c2cccc(O)c2)[nH]o1. The van der Waals surface area contributed by atoms with Gasteiger partial charge >= 0.3 is 5.63 Å². The molecule has 2 N–H and O–H groups in total. The van der Waals surface area contributed by atoms with Gasteiger partial charge in [0.15, 0.2) is 0 Å². The average Bonchev–Trinajstić information content (AvgIpc) is 2.52. The average molecular weight is 179 g/mol. The van der Waals surface area contributed by atoms with Gasteiger partial charge in [-0.25, -0.2) is 4.79 Å². The Balaban J connectivity index is 2.52. The predicted octanol–water partition coefficient (Wildman–Crippen LogP) is -0.0498. The Morgan fingerprint density at radius 3 is 2.92 bits per heavy atom. The van der Waals surface area contributed by atoms with Crippen molar-refractivity contribution >= 4 is 0 Å². The molecule has 5 heteroatoms. The third-order valence-electron chi connectivity index (χ3n) is 1.59. The summed E-state index contributed by atoms with van der Waals surface area (Å²) in [5, 5.41) is 11.5. The van der Waals surface area contributed by atoms with Gasteiger partial charge in [0.25, 0.3) is 6.20 Å². The van der Waals surface area contributed by atoms with Crippen LogP contribution in [0.5, 0.6) is 5.75 Å². The minimum Gasteiger partial charge on any atom is -0.508 e. The van der Waals surface area contributed by atoms with Crippen LogP contribution < -0.4 is 10.3 Å². The molecule has 66 valence electrons. The van der Waals surface area contributed by atoms with Crippen molar-refractivity contribution < 1.29 is 14.3 Å². The highest BCUT2D eigenvalue weighted by atomic mass is 16.5. The first-order valence-electron chi connectivity index (χ1n) is 3.65. The molecule has 0 radical (unpaired) electrons. The van der Waals surface area contributed by atoms with Crippen LogP contribution in [0.15, 0.2) is 39.8 Å². The van der Waals surface area contributed by atoms with Crippen LogP contribution >= 0.6 is 0 Å². The van der Waals surface area contributed by atoms with Crippen molar-refractivity contribution in [3.8, 4) is 11.4 Å². The van der Waals surface area contributed by atoms with Crippen molar-refractivity contribution in [2.45, 2.75) is 0 Å². The van der Waals surface area contributed by atoms with E-state index in [1.165, 1.54) is 16.9 Å². The third-order valence-corrected chi connectivity index (χ3v) is 1.59. The van der Waals surface area contributed by atoms with Crippen molar-refractivity contribution in [2.24, 2.45) is 0 Å². The number of hydrogen-bond acceptors (Lipinski definition) is 3. The van der Waals surface area contributed by atoms with Gasteiger partial charge in [-0.3, -0.25) is 4.52 Å². The monoisotopic (exact) mass is 179 g/mol. The number of rotatable bonds is 1. The summed E-state index contributed by atoms with van der Waals surface area (Å²) in [6.07, 6.45) is 1.24. The van der Waals surface area contributed by atoms with Crippen molar-refractivity contribution in [1.29, 1.82) is 0 Å². The molecule has 1 aromatic heterocycles. The zero-order chi connectivity index (χ0) is 9.26. The van der Waals surface area contributed by atoms with Crippen LogP contribution in [0, 0.1) is 0 Å². The minimum atomic E-state index is -0.469. The van der Waals surface area contributed by atoms with E-state index < -0.39 is 5.63 Å². The van der Waals surface area contributed by atoms with Crippen molar-refractivity contribution in [2.75, 3.05) is 0 Å². The summed E-state index contributed by atoms with van der Waals surface area (Å²) >= 11 is 0. The maximum absolute atomic E-state index is 10.7. The maximum atomic E-state index is 10.7. The van der Waals surface area contributed by atoms with E-state index in [4.69, 9.17) is 5.11 Å². The number of phenols is 1. The smallest absolute Gasteiger partial charge is 0.427 e. The second kappa shape index (κ2) is 2.78. The first kappa shape index (κ1) is 7.60. The first-order chi connectivity index (χ1) is 6.25. The van der Waals surface area contributed by atoms with Crippen molar-refractivity contribution in [3.05, 3.63) is 40.9 Å². The topological polar surface area (TPSA) is 70.1 Å². The molecule has 0 saturated heterocycles. The fourth-order valence-corrected chi connectivity index (χ4v) is 1.02. The van der Waals surface area contributed by atoms with Gasteiger partial charge in [-0.15, -0.1) is 0 Å². The van der Waals surface area contributed by atoms with Crippen LogP contribution in [0.3, 0.4) is 0 Å². The Labute approximate surface area is 72.8 Å². The zero-order valence-corrected chi connectivity index (χ0v) is 6.60. The van der Waals surface area contributed by atoms with Gasteiger partial charge < -0.3 is 5.11 Å². The second-order valence-corrected chi connectivity index (χ2v) is 2.53.